The van der Waals surface area contributed by atoms with Crippen molar-refractivity contribution in [3.8, 4) is 0 Å². The number of hydrogen-bond acceptors (Lipinski definition) is 6. The van der Waals surface area contributed by atoms with Gasteiger partial charge in [-0.3, -0.25) is 9.59 Å². The number of hydrogen-bond donors (Lipinski definition) is 2. The average molecular weight is 451 g/mol. The fourth-order valence-corrected chi connectivity index (χ4v) is 5.54. The third-order valence-electron chi connectivity index (χ3n) is 4.99. The van der Waals surface area contributed by atoms with Gasteiger partial charge in [-0.05, 0) is 43.5 Å². The van der Waals surface area contributed by atoms with Gasteiger partial charge in [0, 0.05) is 11.8 Å². The van der Waals surface area contributed by atoms with Gasteiger partial charge in [0.25, 0.3) is 20.0 Å². The Morgan fingerprint density at radius 1 is 0.667 bits per heavy atom. The van der Waals surface area contributed by atoms with Crippen LogP contribution in [0, 0.1) is 11.8 Å². The highest BCUT2D eigenvalue weighted by molar-refractivity contribution is 7.90. The number of rotatable bonds is 6. The Morgan fingerprint density at radius 3 is 1.40 bits per heavy atom. The monoisotopic (exact) mass is 450 g/mol. The molecule has 10 heteroatoms. The molecule has 2 aromatic rings. The zero-order chi connectivity index (χ0) is 21.8. The summed E-state index contributed by atoms with van der Waals surface area (Å²) in [5.41, 5.74) is 0. The highest BCUT2D eigenvalue weighted by Crippen LogP contribution is 2.30. The van der Waals surface area contributed by atoms with Gasteiger partial charge in [0.15, 0.2) is 0 Å². The van der Waals surface area contributed by atoms with Crippen molar-refractivity contribution in [2.24, 2.45) is 11.8 Å². The van der Waals surface area contributed by atoms with Crippen molar-refractivity contribution in [3.05, 3.63) is 60.7 Å². The molecule has 2 N–H and O–H groups in total. The van der Waals surface area contributed by atoms with Crippen molar-refractivity contribution in [1.82, 2.24) is 9.44 Å². The molecule has 0 saturated heterocycles. The number of sulfonamides is 2. The topological polar surface area (TPSA) is 126 Å². The Balaban J connectivity index is 1.65. The van der Waals surface area contributed by atoms with Gasteiger partial charge in [-0.1, -0.05) is 42.8 Å². The van der Waals surface area contributed by atoms with Crippen LogP contribution in [0.15, 0.2) is 70.5 Å². The van der Waals surface area contributed by atoms with Crippen molar-refractivity contribution in [2.45, 2.75) is 35.5 Å². The predicted octanol–water partition coefficient (Wildman–Crippen LogP) is 1.80. The molecular formula is C20H22N2O6S2. The number of benzene rings is 2. The molecule has 2 aromatic carbocycles. The summed E-state index contributed by atoms with van der Waals surface area (Å²) in [4.78, 5) is 25.0. The standard InChI is InChI=1S/C20H22N2O6S2/c23-19(21-29(25,26)17-10-3-1-4-11-17)15-8-7-9-16(14-15)20(24)22-30(27,28)18-12-5-2-6-13-18/h1-6,10-13,15-16H,7-9,14H2,(H,21,23)(H,22,24)/t15-,16-/m0/s1. The van der Waals surface area contributed by atoms with Gasteiger partial charge in [0.1, 0.15) is 0 Å². The smallest absolute Gasteiger partial charge is 0.264 e. The molecule has 30 heavy (non-hydrogen) atoms. The largest absolute Gasteiger partial charge is 0.274 e. The lowest BCUT2D eigenvalue weighted by Crippen LogP contribution is -2.42. The van der Waals surface area contributed by atoms with E-state index in [0.29, 0.717) is 19.3 Å². The Hall–Kier alpha value is -2.72. The Kier molecular flexibility index (Phi) is 6.57. The summed E-state index contributed by atoms with van der Waals surface area (Å²) >= 11 is 0. The molecule has 0 spiro atoms. The quantitative estimate of drug-likeness (QED) is 0.691. The number of carbonyl (C=O) groups excluding carboxylic acids is 2. The summed E-state index contributed by atoms with van der Waals surface area (Å²) in [5, 5.41) is 0. The second kappa shape index (κ2) is 8.97. The average Bonchev–Trinajstić information content (AvgIpc) is 2.74. The first-order chi connectivity index (χ1) is 14.2. The first-order valence-electron chi connectivity index (χ1n) is 9.42. The summed E-state index contributed by atoms with van der Waals surface area (Å²) < 4.78 is 53.5. The van der Waals surface area contributed by atoms with E-state index in [0.717, 1.165) is 0 Å². The molecule has 2 atom stereocenters. The van der Waals surface area contributed by atoms with Gasteiger partial charge in [0.2, 0.25) is 11.8 Å². The molecule has 0 aromatic heterocycles. The van der Waals surface area contributed by atoms with Gasteiger partial charge < -0.3 is 0 Å². The molecule has 0 aliphatic heterocycles. The van der Waals surface area contributed by atoms with E-state index in [4.69, 9.17) is 0 Å². The first kappa shape index (κ1) is 22.0. The highest BCUT2D eigenvalue weighted by Gasteiger charge is 2.34. The Morgan fingerprint density at radius 2 is 1.03 bits per heavy atom. The van der Waals surface area contributed by atoms with Crippen LogP contribution in [0.2, 0.25) is 0 Å². The van der Waals surface area contributed by atoms with E-state index >= 15 is 0 Å². The summed E-state index contributed by atoms with van der Waals surface area (Å²) in [5.74, 6) is -2.79. The van der Waals surface area contributed by atoms with E-state index in [-0.39, 0.29) is 16.2 Å². The van der Waals surface area contributed by atoms with E-state index in [1.54, 1.807) is 36.4 Å². The Labute approximate surface area is 175 Å². The van der Waals surface area contributed by atoms with Crippen LogP contribution in [-0.4, -0.2) is 28.6 Å². The molecule has 3 rings (SSSR count). The SMILES string of the molecule is O=C(NS(=O)(=O)c1ccccc1)[C@H]1CCC[C@H](C(=O)NS(=O)(=O)c2ccccc2)C1. The fraction of sp³-hybridized carbons (Fsp3) is 0.300. The summed E-state index contributed by atoms with van der Waals surface area (Å²) in [7, 11) is -8.01. The van der Waals surface area contributed by atoms with E-state index in [9.17, 15) is 26.4 Å². The maximum absolute atomic E-state index is 12.5. The predicted molar refractivity (Wildman–Crippen MR) is 109 cm³/mol. The molecule has 1 fully saturated rings. The van der Waals surface area contributed by atoms with Crippen LogP contribution < -0.4 is 9.44 Å². The summed E-state index contributed by atoms with van der Waals surface area (Å²) in [6, 6.07) is 15.0. The molecule has 1 aliphatic carbocycles. The van der Waals surface area contributed by atoms with Crippen LogP contribution >= 0.6 is 0 Å². The van der Waals surface area contributed by atoms with Gasteiger partial charge in [-0.25, -0.2) is 26.3 Å². The highest BCUT2D eigenvalue weighted by atomic mass is 32.2. The number of carbonyl (C=O) groups is 2. The molecule has 160 valence electrons. The maximum atomic E-state index is 12.5. The fourth-order valence-electron chi connectivity index (χ4n) is 3.41. The van der Waals surface area contributed by atoms with E-state index in [2.05, 4.69) is 9.44 Å². The molecule has 0 bridgehead atoms. The second-order valence-electron chi connectivity index (χ2n) is 7.13. The normalized spacial score (nSPS) is 19.6. The van der Waals surface area contributed by atoms with Crippen LogP contribution in [0.4, 0.5) is 0 Å². The van der Waals surface area contributed by atoms with Crippen LogP contribution in [0.25, 0.3) is 0 Å². The van der Waals surface area contributed by atoms with Crippen molar-refractivity contribution in [2.75, 3.05) is 0 Å². The zero-order valence-corrected chi connectivity index (χ0v) is 17.7. The molecular weight excluding hydrogens is 428 g/mol. The molecule has 2 amide bonds. The molecule has 1 saturated carbocycles. The minimum Gasteiger partial charge on any atom is -0.274 e. The van der Waals surface area contributed by atoms with Crippen LogP contribution in [0.5, 0.6) is 0 Å². The zero-order valence-electron chi connectivity index (χ0n) is 16.0. The van der Waals surface area contributed by atoms with Crippen LogP contribution in [0.3, 0.4) is 0 Å². The van der Waals surface area contributed by atoms with Gasteiger partial charge in [0.05, 0.1) is 9.79 Å². The van der Waals surface area contributed by atoms with Crippen molar-refractivity contribution in [3.63, 3.8) is 0 Å². The van der Waals surface area contributed by atoms with Crippen molar-refractivity contribution >= 4 is 31.9 Å². The molecule has 0 unspecified atom stereocenters. The van der Waals surface area contributed by atoms with Gasteiger partial charge >= 0.3 is 0 Å². The summed E-state index contributed by atoms with van der Waals surface area (Å²) in [6.45, 7) is 0. The summed E-state index contributed by atoms with van der Waals surface area (Å²) in [6.07, 6.45) is 1.43. The van der Waals surface area contributed by atoms with Crippen molar-refractivity contribution in [1.29, 1.82) is 0 Å². The third kappa shape index (κ3) is 5.25. The minimum atomic E-state index is -4.01. The van der Waals surface area contributed by atoms with Gasteiger partial charge in [-0.15, -0.1) is 0 Å². The van der Waals surface area contributed by atoms with E-state index < -0.39 is 43.7 Å². The lowest BCUT2D eigenvalue weighted by atomic mass is 9.81. The van der Waals surface area contributed by atoms with Gasteiger partial charge in [-0.2, -0.15) is 0 Å². The number of amides is 2. The molecule has 0 heterocycles. The first-order valence-corrected chi connectivity index (χ1v) is 12.4. The van der Waals surface area contributed by atoms with E-state index in [1.807, 2.05) is 0 Å². The molecule has 0 radical (unpaired) electrons. The van der Waals surface area contributed by atoms with Crippen LogP contribution in [0.1, 0.15) is 25.7 Å². The third-order valence-corrected chi connectivity index (χ3v) is 7.72. The Bertz CT molecular complexity index is 1030. The maximum Gasteiger partial charge on any atom is 0.264 e. The minimum absolute atomic E-state index is 0.0302. The van der Waals surface area contributed by atoms with Crippen LogP contribution in [-0.2, 0) is 29.6 Å². The van der Waals surface area contributed by atoms with Crippen molar-refractivity contribution < 1.29 is 26.4 Å². The lowest BCUT2D eigenvalue weighted by Gasteiger charge is -2.27. The number of nitrogens with one attached hydrogen (secondary N) is 2. The lowest BCUT2D eigenvalue weighted by molar-refractivity contribution is -0.128. The second-order valence-corrected chi connectivity index (χ2v) is 10.5. The molecule has 1 aliphatic rings. The molecule has 8 nitrogen and oxygen atoms in total. The van der Waals surface area contributed by atoms with E-state index in [1.165, 1.54) is 24.3 Å².